The molecule has 1 amide bonds. The molecule has 0 bridgehead atoms. The van der Waals surface area contributed by atoms with Crippen molar-refractivity contribution in [2.24, 2.45) is 0 Å². The van der Waals surface area contributed by atoms with Crippen LogP contribution in [0.25, 0.3) is 5.76 Å². The van der Waals surface area contributed by atoms with Crippen molar-refractivity contribution in [2.75, 3.05) is 7.11 Å². The lowest BCUT2D eigenvalue weighted by Crippen LogP contribution is -2.29. The predicted molar refractivity (Wildman–Crippen MR) is 142 cm³/mol. The third kappa shape index (κ3) is 4.48. The molecule has 2 atom stereocenters. The summed E-state index contributed by atoms with van der Waals surface area (Å²) in [4.78, 5) is 28.4. The van der Waals surface area contributed by atoms with E-state index in [4.69, 9.17) is 9.47 Å². The number of nitrogens with zero attached hydrogens (tertiary/aromatic N) is 1. The van der Waals surface area contributed by atoms with Crippen LogP contribution in [0, 0.1) is 0 Å². The molecule has 6 heteroatoms. The van der Waals surface area contributed by atoms with Gasteiger partial charge in [-0.25, -0.2) is 0 Å². The van der Waals surface area contributed by atoms with Crippen molar-refractivity contribution in [1.29, 1.82) is 0 Å². The minimum Gasteiger partial charge on any atom is -0.507 e. The summed E-state index contributed by atoms with van der Waals surface area (Å²) in [5.41, 5.74) is 4.24. The molecule has 190 valence electrons. The number of hydrogen-bond donors (Lipinski definition) is 1. The number of aliphatic hydroxyl groups excluding tert-OH is 1. The van der Waals surface area contributed by atoms with Crippen LogP contribution >= 0.6 is 0 Å². The Kier molecular flexibility index (Phi) is 6.50. The SMILES string of the molecule is COc1ccccc1CN1C(=O)C(=O)/C(=C(\O)c2ccc3c(c2)CC(C)O3)C1c1ccc(C(C)C)cc1. The van der Waals surface area contributed by atoms with Gasteiger partial charge in [-0.05, 0) is 53.8 Å². The highest BCUT2D eigenvalue weighted by Gasteiger charge is 2.46. The zero-order valence-electron chi connectivity index (χ0n) is 21.5. The fourth-order valence-corrected chi connectivity index (χ4v) is 5.19. The number of fused-ring (bicyclic) bond motifs is 1. The fourth-order valence-electron chi connectivity index (χ4n) is 5.19. The van der Waals surface area contributed by atoms with E-state index in [1.54, 1.807) is 13.2 Å². The van der Waals surface area contributed by atoms with Gasteiger partial charge >= 0.3 is 0 Å². The van der Waals surface area contributed by atoms with Gasteiger partial charge in [0.2, 0.25) is 0 Å². The Hall–Kier alpha value is -4.06. The molecule has 0 saturated carbocycles. The monoisotopic (exact) mass is 497 g/mol. The number of rotatable bonds is 6. The second kappa shape index (κ2) is 9.77. The first-order valence-corrected chi connectivity index (χ1v) is 12.6. The Bertz CT molecular complexity index is 1390. The normalized spacial score (nSPS) is 20.3. The van der Waals surface area contributed by atoms with Gasteiger partial charge in [0.15, 0.2) is 0 Å². The Balaban J connectivity index is 1.63. The van der Waals surface area contributed by atoms with E-state index in [0.29, 0.717) is 17.2 Å². The van der Waals surface area contributed by atoms with E-state index in [9.17, 15) is 14.7 Å². The molecule has 1 N–H and O–H groups in total. The van der Waals surface area contributed by atoms with Crippen molar-refractivity contribution in [3.8, 4) is 11.5 Å². The maximum absolute atomic E-state index is 13.5. The number of para-hydroxylation sites is 1. The van der Waals surface area contributed by atoms with Gasteiger partial charge in [-0.3, -0.25) is 9.59 Å². The van der Waals surface area contributed by atoms with E-state index in [0.717, 1.165) is 34.4 Å². The van der Waals surface area contributed by atoms with E-state index in [1.165, 1.54) is 4.90 Å². The van der Waals surface area contributed by atoms with Crippen LogP contribution in [0.1, 0.15) is 60.5 Å². The minimum atomic E-state index is -0.741. The van der Waals surface area contributed by atoms with E-state index in [-0.39, 0.29) is 24.0 Å². The summed E-state index contributed by atoms with van der Waals surface area (Å²) in [6.45, 7) is 6.38. The molecule has 0 radical (unpaired) electrons. The minimum absolute atomic E-state index is 0.0540. The highest BCUT2D eigenvalue weighted by Crippen LogP contribution is 2.42. The Morgan fingerprint density at radius 3 is 2.51 bits per heavy atom. The second-order valence-electron chi connectivity index (χ2n) is 10.0. The number of hydrogen-bond acceptors (Lipinski definition) is 5. The smallest absolute Gasteiger partial charge is 0.295 e. The van der Waals surface area contributed by atoms with Crippen molar-refractivity contribution in [2.45, 2.75) is 51.8 Å². The maximum Gasteiger partial charge on any atom is 0.295 e. The Morgan fingerprint density at radius 1 is 1.08 bits per heavy atom. The van der Waals surface area contributed by atoms with Gasteiger partial charge in [0.1, 0.15) is 23.4 Å². The molecule has 5 rings (SSSR count). The molecule has 2 aliphatic rings. The second-order valence-corrected chi connectivity index (χ2v) is 10.0. The predicted octanol–water partition coefficient (Wildman–Crippen LogP) is 5.76. The van der Waals surface area contributed by atoms with Crippen LogP contribution < -0.4 is 9.47 Å². The van der Waals surface area contributed by atoms with Gasteiger partial charge in [0.05, 0.1) is 25.3 Å². The van der Waals surface area contributed by atoms with Crippen LogP contribution in [-0.2, 0) is 22.6 Å². The highest BCUT2D eigenvalue weighted by atomic mass is 16.5. The van der Waals surface area contributed by atoms with E-state index in [1.807, 2.05) is 67.6 Å². The summed E-state index contributed by atoms with van der Waals surface area (Å²) in [5.74, 6) is 0.220. The maximum atomic E-state index is 13.5. The number of carbonyl (C=O) groups is 2. The van der Waals surface area contributed by atoms with Crippen LogP contribution in [0.2, 0.25) is 0 Å². The van der Waals surface area contributed by atoms with Crippen LogP contribution in [0.5, 0.6) is 11.5 Å². The molecule has 37 heavy (non-hydrogen) atoms. The molecule has 1 saturated heterocycles. The summed E-state index contributed by atoms with van der Waals surface area (Å²) < 4.78 is 11.3. The average molecular weight is 498 g/mol. The number of methoxy groups -OCH3 is 1. The lowest BCUT2D eigenvalue weighted by molar-refractivity contribution is -0.140. The standard InChI is InChI=1S/C31H31NO5/c1-18(2)20-9-11-21(12-10-20)28-27(29(33)22-13-14-26-24(16-22)15-19(3)37-26)30(34)31(35)32(28)17-23-7-5-6-8-25(23)36-4/h5-14,16,18-19,28,33H,15,17H2,1-4H3/b29-27-. The quantitative estimate of drug-likeness (QED) is 0.266. The third-order valence-corrected chi connectivity index (χ3v) is 7.16. The molecule has 0 spiro atoms. The molecule has 6 nitrogen and oxygen atoms in total. The number of benzene rings is 3. The van der Waals surface area contributed by atoms with Crippen LogP contribution in [0.15, 0.2) is 72.3 Å². The molecule has 0 aliphatic carbocycles. The molecular formula is C31H31NO5. The first-order valence-electron chi connectivity index (χ1n) is 12.6. The largest absolute Gasteiger partial charge is 0.507 e. The number of ketones is 1. The van der Waals surface area contributed by atoms with Gasteiger partial charge in [0.25, 0.3) is 11.7 Å². The van der Waals surface area contributed by atoms with Gasteiger partial charge < -0.3 is 19.5 Å². The summed E-state index contributed by atoms with van der Waals surface area (Å²) in [7, 11) is 1.58. The number of amides is 1. The van der Waals surface area contributed by atoms with Crippen molar-refractivity contribution in [3.63, 3.8) is 0 Å². The number of aliphatic hydroxyl groups is 1. The molecule has 3 aromatic rings. The zero-order valence-corrected chi connectivity index (χ0v) is 21.5. The van der Waals surface area contributed by atoms with Gasteiger partial charge in [-0.15, -0.1) is 0 Å². The number of ether oxygens (including phenoxy) is 2. The lowest BCUT2D eigenvalue weighted by atomic mass is 9.92. The summed E-state index contributed by atoms with van der Waals surface area (Å²) in [5, 5.41) is 11.5. The average Bonchev–Trinajstić information content (AvgIpc) is 3.39. The molecule has 0 aromatic heterocycles. The molecule has 2 unspecified atom stereocenters. The topological polar surface area (TPSA) is 76.1 Å². The van der Waals surface area contributed by atoms with Crippen LogP contribution in [-0.4, -0.2) is 34.9 Å². The summed E-state index contributed by atoms with van der Waals surface area (Å²) >= 11 is 0. The highest BCUT2D eigenvalue weighted by molar-refractivity contribution is 6.46. The van der Waals surface area contributed by atoms with Gasteiger partial charge in [-0.2, -0.15) is 0 Å². The summed E-state index contributed by atoms with van der Waals surface area (Å²) in [6, 6.07) is 20.0. The van der Waals surface area contributed by atoms with E-state index < -0.39 is 17.7 Å². The van der Waals surface area contributed by atoms with E-state index in [2.05, 4.69) is 13.8 Å². The number of Topliss-reactive ketones (excluding diaryl/α,β-unsaturated/α-hetero) is 1. The molecular weight excluding hydrogens is 466 g/mol. The number of carbonyl (C=O) groups excluding carboxylic acids is 2. The first kappa shape index (κ1) is 24.6. The van der Waals surface area contributed by atoms with Crippen molar-refractivity contribution >= 4 is 17.4 Å². The molecule has 2 aliphatic heterocycles. The Morgan fingerprint density at radius 2 is 1.81 bits per heavy atom. The van der Waals surface area contributed by atoms with Gasteiger partial charge in [-0.1, -0.05) is 56.3 Å². The van der Waals surface area contributed by atoms with Gasteiger partial charge in [0, 0.05) is 17.5 Å². The van der Waals surface area contributed by atoms with E-state index >= 15 is 0 Å². The molecule has 2 heterocycles. The molecule has 1 fully saturated rings. The Labute approximate surface area is 217 Å². The van der Waals surface area contributed by atoms with Crippen LogP contribution in [0.3, 0.4) is 0 Å². The lowest BCUT2D eigenvalue weighted by Gasteiger charge is -2.26. The summed E-state index contributed by atoms with van der Waals surface area (Å²) in [6.07, 6.45) is 0.775. The van der Waals surface area contributed by atoms with Crippen molar-refractivity contribution in [1.82, 2.24) is 4.90 Å². The van der Waals surface area contributed by atoms with Crippen molar-refractivity contribution in [3.05, 3.63) is 100 Å². The van der Waals surface area contributed by atoms with Crippen molar-refractivity contribution < 1.29 is 24.2 Å². The third-order valence-electron chi connectivity index (χ3n) is 7.16. The zero-order chi connectivity index (χ0) is 26.3. The first-order chi connectivity index (χ1) is 17.8. The van der Waals surface area contributed by atoms with Crippen LogP contribution in [0.4, 0.5) is 0 Å². The fraction of sp³-hybridized carbons (Fsp3) is 0.290. The number of likely N-dealkylation sites (tertiary alicyclic amines) is 1. The molecule has 3 aromatic carbocycles.